The minimum atomic E-state index is -4.08. The fourth-order valence-corrected chi connectivity index (χ4v) is 5.29. The van der Waals surface area contributed by atoms with E-state index in [4.69, 9.17) is 11.6 Å². The van der Waals surface area contributed by atoms with E-state index in [0.717, 1.165) is 9.80 Å². The number of hydrogen-bond donors (Lipinski definition) is 2. The molecule has 0 aliphatic rings. The van der Waals surface area contributed by atoms with E-state index in [2.05, 4.69) is 10.4 Å². The smallest absolute Gasteiger partial charge is 0.428 e. The van der Waals surface area contributed by atoms with Gasteiger partial charge < -0.3 is 10.4 Å². The van der Waals surface area contributed by atoms with Crippen LogP contribution in [0.4, 0.5) is 10.5 Å². The van der Waals surface area contributed by atoms with Crippen LogP contribution in [-0.4, -0.2) is 41.5 Å². The molecule has 0 aliphatic carbocycles. The van der Waals surface area contributed by atoms with Crippen LogP contribution >= 0.6 is 11.6 Å². The van der Waals surface area contributed by atoms with Gasteiger partial charge >= 0.3 is 6.09 Å². The molecule has 0 saturated heterocycles. The summed E-state index contributed by atoms with van der Waals surface area (Å²) in [5.41, 5.74) is 0.180. The molecule has 2 N–H and O–H groups in total. The van der Waals surface area contributed by atoms with Gasteiger partial charge in [0, 0.05) is 5.41 Å². The summed E-state index contributed by atoms with van der Waals surface area (Å²) in [6.07, 6.45) is -0.713. The maximum Gasteiger partial charge on any atom is 0.428 e. The monoisotopic (exact) mass is 498 g/mol. The van der Waals surface area contributed by atoms with Crippen molar-refractivity contribution >= 4 is 39.1 Å². The summed E-state index contributed by atoms with van der Waals surface area (Å²) < 4.78 is 27.3. The van der Waals surface area contributed by atoms with Crippen LogP contribution < -0.4 is 10.3 Å². The Morgan fingerprint density at radius 3 is 2.24 bits per heavy atom. The van der Waals surface area contributed by atoms with Crippen LogP contribution in [0.3, 0.4) is 0 Å². The average molecular weight is 499 g/mol. The summed E-state index contributed by atoms with van der Waals surface area (Å²) >= 11 is 6.32. The number of amides is 2. The van der Waals surface area contributed by atoms with Crippen molar-refractivity contribution in [1.82, 2.24) is 9.89 Å². The van der Waals surface area contributed by atoms with Crippen LogP contribution in [-0.2, 0) is 27.5 Å². The first kappa shape index (κ1) is 26.7. The second-order valence-corrected chi connectivity index (χ2v) is 11.2. The van der Waals surface area contributed by atoms with Crippen molar-refractivity contribution in [3.8, 4) is 0 Å². The molecule has 1 aromatic carbocycles. The normalized spacial score (nSPS) is 12.2. The number of nitrogens with zero attached hydrogens (tertiary/aromatic N) is 3. The molecule has 9 nitrogen and oxygen atoms in total. The number of carboxylic acid groups (broad SMARTS) is 1. The van der Waals surface area contributed by atoms with E-state index in [1.807, 2.05) is 0 Å². The third-order valence-electron chi connectivity index (χ3n) is 4.99. The standard InChI is InChI=1S/C22H31ClN4O5S/c1-8-16-19(18(9-2)27(25-16)26(13(3)4)21(29)30)33(31,32)14-10-11-17(15(23)12-14)24-20(28)22(5,6)7/h10-13H,8-9H2,1-7H3,(H,24,28)(H,29,30). The van der Waals surface area contributed by atoms with Gasteiger partial charge in [0.05, 0.1) is 33.0 Å². The third-order valence-corrected chi connectivity index (χ3v) is 7.18. The number of carbonyl (C=O) groups excluding carboxylic acids is 1. The molecule has 0 bridgehead atoms. The van der Waals surface area contributed by atoms with Crippen molar-refractivity contribution < 1.29 is 23.1 Å². The number of aromatic nitrogens is 2. The van der Waals surface area contributed by atoms with Crippen LogP contribution in [0.25, 0.3) is 0 Å². The highest BCUT2D eigenvalue weighted by Gasteiger charge is 2.33. The van der Waals surface area contributed by atoms with Crippen molar-refractivity contribution in [2.45, 2.75) is 77.1 Å². The summed E-state index contributed by atoms with van der Waals surface area (Å²) in [6, 6.07) is 3.63. The minimum absolute atomic E-state index is 0.0260. The van der Waals surface area contributed by atoms with Crippen molar-refractivity contribution in [2.75, 3.05) is 10.3 Å². The lowest BCUT2D eigenvalue weighted by Crippen LogP contribution is -2.46. The topological polar surface area (TPSA) is 122 Å². The molecule has 0 fully saturated rings. The zero-order valence-corrected chi connectivity index (χ0v) is 21.5. The molecule has 0 saturated carbocycles. The third kappa shape index (κ3) is 5.33. The van der Waals surface area contributed by atoms with Crippen LogP contribution in [0.5, 0.6) is 0 Å². The molecule has 2 rings (SSSR count). The van der Waals surface area contributed by atoms with E-state index in [0.29, 0.717) is 5.69 Å². The summed E-state index contributed by atoms with van der Waals surface area (Å²) in [7, 11) is -4.08. The Kier molecular flexibility index (Phi) is 7.86. The van der Waals surface area contributed by atoms with Gasteiger partial charge in [-0.15, -0.1) is 0 Å². The predicted molar refractivity (Wildman–Crippen MR) is 127 cm³/mol. The Hall–Kier alpha value is -2.59. The molecule has 0 radical (unpaired) electrons. The van der Waals surface area contributed by atoms with E-state index in [1.165, 1.54) is 18.2 Å². The lowest BCUT2D eigenvalue weighted by Gasteiger charge is -2.24. The van der Waals surface area contributed by atoms with E-state index in [1.54, 1.807) is 48.5 Å². The molecule has 0 spiro atoms. The highest BCUT2D eigenvalue weighted by Crippen LogP contribution is 2.33. The lowest BCUT2D eigenvalue weighted by molar-refractivity contribution is -0.123. The first-order valence-electron chi connectivity index (χ1n) is 10.7. The van der Waals surface area contributed by atoms with Crippen molar-refractivity contribution in [3.05, 3.63) is 34.6 Å². The largest absolute Gasteiger partial charge is 0.464 e. The Morgan fingerprint density at radius 2 is 1.82 bits per heavy atom. The van der Waals surface area contributed by atoms with E-state index < -0.39 is 27.4 Å². The number of anilines is 1. The molecule has 2 aromatic rings. The number of hydrogen-bond acceptors (Lipinski definition) is 5. The highest BCUT2D eigenvalue weighted by atomic mass is 35.5. The molecular weight excluding hydrogens is 468 g/mol. The minimum Gasteiger partial charge on any atom is -0.464 e. The van der Waals surface area contributed by atoms with Gasteiger partial charge in [-0.1, -0.05) is 46.2 Å². The molecule has 0 atom stereocenters. The average Bonchev–Trinajstić information content (AvgIpc) is 3.06. The fraction of sp³-hybridized carbons (Fsp3) is 0.500. The molecule has 0 unspecified atom stereocenters. The predicted octanol–water partition coefficient (Wildman–Crippen LogP) is 4.50. The number of rotatable bonds is 7. The molecular formula is C22H31ClN4O5S. The number of benzene rings is 1. The summed E-state index contributed by atoms with van der Waals surface area (Å²) in [5.74, 6) is -0.259. The zero-order valence-electron chi connectivity index (χ0n) is 19.9. The van der Waals surface area contributed by atoms with E-state index in [9.17, 15) is 23.1 Å². The first-order valence-corrected chi connectivity index (χ1v) is 12.5. The second kappa shape index (κ2) is 9.72. The van der Waals surface area contributed by atoms with Gasteiger partial charge in [0.25, 0.3) is 0 Å². The van der Waals surface area contributed by atoms with Gasteiger partial charge in [0.1, 0.15) is 4.90 Å². The van der Waals surface area contributed by atoms with Gasteiger partial charge in [-0.2, -0.15) is 14.9 Å². The Labute approximate surface area is 199 Å². The lowest BCUT2D eigenvalue weighted by atomic mass is 9.95. The molecule has 0 aliphatic heterocycles. The van der Waals surface area contributed by atoms with Crippen molar-refractivity contribution in [3.63, 3.8) is 0 Å². The van der Waals surface area contributed by atoms with Crippen molar-refractivity contribution in [2.24, 2.45) is 5.41 Å². The molecule has 11 heteroatoms. The second-order valence-electron chi connectivity index (χ2n) is 8.89. The Morgan fingerprint density at radius 1 is 1.21 bits per heavy atom. The maximum absolute atomic E-state index is 13.6. The SMILES string of the molecule is CCc1nn(N(C(=O)O)C(C)C)c(CC)c1S(=O)(=O)c1ccc(NC(=O)C(C)(C)C)c(Cl)c1. The molecule has 182 valence electrons. The zero-order chi connectivity index (χ0) is 25.3. The fourth-order valence-electron chi connectivity index (χ4n) is 3.21. The van der Waals surface area contributed by atoms with Gasteiger partial charge in [-0.3, -0.25) is 4.79 Å². The molecule has 1 heterocycles. The van der Waals surface area contributed by atoms with Crippen LogP contribution in [0.1, 0.15) is 59.9 Å². The van der Waals surface area contributed by atoms with Crippen molar-refractivity contribution in [1.29, 1.82) is 0 Å². The number of aryl methyl sites for hydroxylation is 1. The number of nitrogens with one attached hydrogen (secondary N) is 1. The van der Waals surface area contributed by atoms with Crippen LogP contribution in [0.15, 0.2) is 28.0 Å². The van der Waals surface area contributed by atoms with Gasteiger partial charge in [-0.25, -0.2) is 13.2 Å². The van der Waals surface area contributed by atoms with Gasteiger partial charge in [-0.05, 0) is 44.9 Å². The Bertz CT molecular complexity index is 1170. The number of sulfone groups is 1. The van der Waals surface area contributed by atoms with Crippen LogP contribution in [0, 0.1) is 5.41 Å². The summed E-state index contributed by atoms with van der Waals surface area (Å²) in [6.45, 7) is 12.1. The summed E-state index contributed by atoms with van der Waals surface area (Å²) in [4.78, 5) is 25.2. The quantitative estimate of drug-likeness (QED) is 0.579. The first-order chi connectivity index (χ1) is 15.2. The van der Waals surface area contributed by atoms with E-state index in [-0.39, 0.29) is 45.0 Å². The maximum atomic E-state index is 13.6. The van der Waals surface area contributed by atoms with Crippen LogP contribution in [0.2, 0.25) is 5.02 Å². The molecule has 33 heavy (non-hydrogen) atoms. The summed E-state index contributed by atoms with van der Waals surface area (Å²) in [5, 5.41) is 17.8. The Balaban J connectivity index is 2.64. The molecule has 2 amide bonds. The van der Waals surface area contributed by atoms with E-state index >= 15 is 0 Å². The van der Waals surface area contributed by atoms with Gasteiger partial charge in [0.15, 0.2) is 0 Å². The van der Waals surface area contributed by atoms with Gasteiger partial charge in [0.2, 0.25) is 15.7 Å². The highest BCUT2D eigenvalue weighted by molar-refractivity contribution is 7.91. The molecule has 1 aromatic heterocycles. The number of carbonyl (C=O) groups is 2. The number of halogens is 1.